The highest BCUT2D eigenvalue weighted by Crippen LogP contribution is 2.37. The zero-order chi connectivity index (χ0) is 15.0. The third kappa shape index (κ3) is 2.51. The van der Waals surface area contributed by atoms with E-state index < -0.39 is 5.82 Å². The third-order valence-corrected chi connectivity index (χ3v) is 3.92. The summed E-state index contributed by atoms with van der Waals surface area (Å²) in [5.41, 5.74) is 1.82. The highest BCUT2D eigenvalue weighted by atomic mass is 35.5. The van der Waals surface area contributed by atoms with Gasteiger partial charge in [0.15, 0.2) is 0 Å². The second-order valence-electron chi connectivity index (χ2n) is 4.11. The van der Waals surface area contributed by atoms with Crippen LogP contribution in [-0.2, 0) is 0 Å². The molecule has 2 aromatic carbocycles. The van der Waals surface area contributed by atoms with Gasteiger partial charge in [0.1, 0.15) is 16.9 Å². The number of hydrogen-bond acceptors (Lipinski definition) is 5. The van der Waals surface area contributed by atoms with Gasteiger partial charge >= 0.3 is 0 Å². The quantitative estimate of drug-likeness (QED) is 0.732. The highest BCUT2D eigenvalue weighted by molar-refractivity contribution is 7.00. The molecule has 0 aliphatic rings. The van der Waals surface area contributed by atoms with Crippen LogP contribution in [0.4, 0.5) is 15.8 Å². The molecule has 104 valence electrons. The van der Waals surface area contributed by atoms with E-state index in [1.54, 1.807) is 0 Å². The van der Waals surface area contributed by atoms with Crippen LogP contribution in [0, 0.1) is 17.1 Å². The predicted molar refractivity (Wildman–Crippen MR) is 81.8 cm³/mol. The summed E-state index contributed by atoms with van der Waals surface area (Å²) in [6, 6.07) is 7.51. The number of nitrogens with zero attached hydrogens (tertiary/aromatic N) is 3. The van der Waals surface area contributed by atoms with Gasteiger partial charge < -0.3 is 5.32 Å². The van der Waals surface area contributed by atoms with Crippen LogP contribution in [0.1, 0.15) is 5.56 Å². The molecule has 0 atom stereocenters. The molecule has 0 saturated heterocycles. The van der Waals surface area contributed by atoms with Crippen LogP contribution in [0.5, 0.6) is 0 Å². The zero-order valence-corrected chi connectivity index (χ0v) is 12.5. The van der Waals surface area contributed by atoms with Crippen LogP contribution in [0.15, 0.2) is 24.3 Å². The maximum Gasteiger partial charge on any atom is 0.147 e. The second kappa shape index (κ2) is 5.45. The van der Waals surface area contributed by atoms with Crippen LogP contribution in [-0.4, -0.2) is 8.75 Å². The minimum atomic E-state index is -0.559. The Hall–Kier alpha value is -1.94. The number of nitriles is 1. The van der Waals surface area contributed by atoms with Crippen molar-refractivity contribution in [3.05, 3.63) is 45.7 Å². The van der Waals surface area contributed by atoms with Crippen molar-refractivity contribution in [1.82, 2.24) is 8.75 Å². The van der Waals surface area contributed by atoms with E-state index in [9.17, 15) is 4.39 Å². The molecule has 21 heavy (non-hydrogen) atoms. The van der Waals surface area contributed by atoms with Crippen molar-refractivity contribution in [1.29, 1.82) is 5.26 Å². The molecule has 0 amide bonds. The van der Waals surface area contributed by atoms with Crippen molar-refractivity contribution >= 4 is 57.3 Å². The Bertz CT molecular complexity index is 888. The van der Waals surface area contributed by atoms with Crippen molar-refractivity contribution < 1.29 is 4.39 Å². The van der Waals surface area contributed by atoms with Crippen LogP contribution < -0.4 is 5.32 Å². The van der Waals surface area contributed by atoms with E-state index in [1.165, 1.54) is 18.2 Å². The van der Waals surface area contributed by atoms with Crippen molar-refractivity contribution in [3.8, 4) is 6.07 Å². The minimum Gasteiger partial charge on any atom is -0.350 e. The highest BCUT2D eigenvalue weighted by Gasteiger charge is 2.15. The number of hydrogen-bond donors (Lipinski definition) is 1. The fraction of sp³-hybridized carbons (Fsp3) is 0. The molecule has 3 aromatic rings. The fourth-order valence-corrected chi connectivity index (χ4v) is 2.97. The molecule has 0 aliphatic carbocycles. The van der Waals surface area contributed by atoms with Gasteiger partial charge in [-0.2, -0.15) is 14.0 Å². The molecule has 1 aromatic heterocycles. The number of rotatable bonds is 2. The van der Waals surface area contributed by atoms with E-state index in [4.69, 9.17) is 28.5 Å². The minimum absolute atomic E-state index is 0.188. The number of aromatic nitrogens is 2. The normalized spacial score (nSPS) is 10.6. The lowest BCUT2D eigenvalue weighted by Crippen LogP contribution is -1.96. The van der Waals surface area contributed by atoms with E-state index in [0.29, 0.717) is 26.8 Å². The molecule has 0 radical (unpaired) electrons. The van der Waals surface area contributed by atoms with Crippen LogP contribution in [0.3, 0.4) is 0 Å². The van der Waals surface area contributed by atoms with Gasteiger partial charge in [0, 0.05) is 0 Å². The van der Waals surface area contributed by atoms with Crippen LogP contribution >= 0.6 is 34.9 Å². The van der Waals surface area contributed by atoms with E-state index in [2.05, 4.69) is 14.1 Å². The Labute approximate surface area is 133 Å². The largest absolute Gasteiger partial charge is 0.350 e. The zero-order valence-electron chi connectivity index (χ0n) is 10.2. The second-order valence-corrected chi connectivity index (χ2v) is 5.45. The van der Waals surface area contributed by atoms with Gasteiger partial charge in [0.2, 0.25) is 0 Å². The molecule has 0 spiro atoms. The SMILES string of the molecule is N#Cc1ccc(Nc2c(Cl)cc(Cl)c3nsnc23)c(F)c1. The number of nitrogens with one attached hydrogen (secondary N) is 1. The molecule has 3 rings (SSSR count). The summed E-state index contributed by atoms with van der Waals surface area (Å²) < 4.78 is 22.1. The standard InChI is InChI=1S/C13H5Cl2FN4S/c14-7-4-8(15)12-13(20-21-19-12)11(7)18-10-2-1-6(5-17)3-9(10)16/h1-4,18H. The molecule has 0 saturated carbocycles. The lowest BCUT2D eigenvalue weighted by atomic mass is 10.2. The van der Waals surface area contributed by atoms with Gasteiger partial charge in [-0.25, -0.2) is 4.39 Å². The summed E-state index contributed by atoms with van der Waals surface area (Å²) in [5.74, 6) is -0.559. The number of fused-ring (bicyclic) bond motifs is 1. The van der Waals surface area contributed by atoms with Gasteiger partial charge in [0.25, 0.3) is 0 Å². The molecular formula is C13H5Cl2FN4S. The molecular weight excluding hydrogens is 334 g/mol. The van der Waals surface area contributed by atoms with Crippen LogP contribution in [0.25, 0.3) is 11.0 Å². The van der Waals surface area contributed by atoms with Crippen molar-refractivity contribution in [2.75, 3.05) is 5.32 Å². The maximum absolute atomic E-state index is 13.9. The van der Waals surface area contributed by atoms with Gasteiger partial charge in [0.05, 0.1) is 44.8 Å². The van der Waals surface area contributed by atoms with E-state index in [0.717, 1.165) is 17.8 Å². The average Bonchev–Trinajstić information content (AvgIpc) is 2.94. The summed E-state index contributed by atoms with van der Waals surface area (Å²) in [4.78, 5) is 0. The monoisotopic (exact) mass is 338 g/mol. The Morgan fingerprint density at radius 1 is 1.14 bits per heavy atom. The first-order valence-electron chi connectivity index (χ1n) is 5.67. The molecule has 0 bridgehead atoms. The van der Waals surface area contributed by atoms with E-state index in [1.807, 2.05) is 6.07 Å². The lowest BCUT2D eigenvalue weighted by Gasteiger charge is -2.10. The fourth-order valence-electron chi connectivity index (χ4n) is 1.81. The van der Waals surface area contributed by atoms with E-state index in [-0.39, 0.29) is 11.3 Å². The molecule has 0 aliphatic heterocycles. The van der Waals surface area contributed by atoms with Crippen molar-refractivity contribution in [2.45, 2.75) is 0 Å². The summed E-state index contributed by atoms with van der Waals surface area (Å²) >= 11 is 13.2. The molecule has 1 heterocycles. The third-order valence-electron chi connectivity index (χ3n) is 2.80. The van der Waals surface area contributed by atoms with Crippen molar-refractivity contribution in [2.24, 2.45) is 0 Å². The molecule has 0 unspecified atom stereocenters. The Morgan fingerprint density at radius 3 is 2.62 bits per heavy atom. The average molecular weight is 339 g/mol. The van der Waals surface area contributed by atoms with Gasteiger partial charge in [-0.1, -0.05) is 23.2 Å². The van der Waals surface area contributed by atoms with Gasteiger partial charge in [-0.05, 0) is 24.3 Å². The van der Waals surface area contributed by atoms with Crippen molar-refractivity contribution in [3.63, 3.8) is 0 Å². The Kier molecular flexibility index (Phi) is 3.64. The van der Waals surface area contributed by atoms with Gasteiger partial charge in [-0.3, -0.25) is 0 Å². The summed E-state index contributed by atoms with van der Waals surface area (Å²) in [7, 11) is 0. The molecule has 1 N–H and O–H groups in total. The topological polar surface area (TPSA) is 61.6 Å². The lowest BCUT2D eigenvalue weighted by molar-refractivity contribution is 0.631. The van der Waals surface area contributed by atoms with Crippen LogP contribution in [0.2, 0.25) is 10.0 Å². The molecule has 8 heteroatoms. The molecule has 0 fully saturated rings. The first-order chi connectivity index (χ1) is 10.1. The van der Waals surface area contributed by atoms with Gasteiger partial charge in [-0.15, -0.1) is 0 Å². The number of anilines is 2. The number of benzene rings is 2. The maximum atomic E-state index is 13.9. The first-order valence-corrected chi connectivity index (χ1v) is 7.15. The summed E-state index contributed by atoms with van der Waals surface area (Å²) in [6.07, 6.45) is 0. The summed E-state index contributed by atoms with van der Waals surface area (Å²) in [6.45, 7) is 0. The predicted octanol–water partition coefficient (Wildman–Crippen LogP) is 4.75. The van der Waals surface area contributed by atoms with E-state index >= 15 is 0 Å². The summed E-state index contributed by atoms with van der Waals surface area (Å²) in [5, 5.41) is 12.3. The Balaban J connectivity index is 2.10. The molecule has 4 nitrogen and oxygen atoms in total. The first kappa shape index (κ1) is 14.0. The smallest absolute Gasteiger partial charge is 0.147 e. The number of halogens is 3. The Morgan fingerprint density at radius 2 is 1.90 bits per heavy atom.